The molecule has 0 atom stereocenters. The summed E-state index contributed by atoms with van der Waals surface area (Å²) in [5.74, 6) is 0.671. The van der Waals surface area contributed by atoms with E-state index in [4.69, 9.17) is 13.7 Å². The first kappa shape index (κ1) is 20.6. The minimum absolute atomic E-state index is 0. The second-order valence-corrected chi connectivity index (χ2v) is 6.86. The summed E-state index contributed by atoms with van der Waals surface area (Å²) in [6.45, 7) is 0.174. The molecule has 0 unspecified atom stereocenters. The summed E-state index contributed by atoms with van der Waals surface area (Å²) in [6.07, 6.45) is 7.24. The van der Waals surface area contributed by atoms with E-state index in [1.54, 1.807) is 36.7 Å². The average molecular weight is 384 g/mol. The number of hydrogen-bond donors (Lipinski definition) is 1. The van der Waals surface area contributed by atoms with E-state index in [1.165, 1.54) is 0 Å². The van der Waals surface area contributed by atoms with Crippen LogP contribution in [0.4, 0.5) is 0 Å². The van der Waals surface area contributed by atoms with Crippen LogP contribution in [0.3, 0.4) is 0 Å². The molecule has 1 aromatic carbocycles. The van der Waals surface area contributed by atoms with Gasteiger partial charge in [-0.25, -0.2) is 4.98 Å². The molecule has 26 heavy (non-hydrogen) atoms. The molecule has 9 heteroatoms. The van der Waals surface area contributed by atoms with Gasteiger partial charge in [-0.3, -0.25) is 9.54 Å². The summed E-state index contributed by atoms with van der Waals surface area (Å²) in [5.41, 5.74) is 2.20. The molecule has 0 aliphatic heterocycles. The summed E-state index contributed by atoms with van der Waals surface area (Å²) in [5, 5.41) is 0. The molecule has 0 spiro atoms. The van der Waals surface area contributed by atoms with E-state index in [1.807, 2.05) is 18.2 Å². The Labute approximate surface area is 173 Å². The van der Waals surface area contributed by atoms with Gasteiger partial charge in [-0.1, -0.05) is 6.07 Å². The molecule has 3 rings (SSSR count). The van der Waals surface area contributed by atoms with E-state index < -0.39 is 10.1 Å². The van der Waals surface area contributed by atoms with Crippen molar-refractivity contribution >= 4 is 62.9 Å². The Morgan fingerprint density at radius 3 is 2.81 bits per heavy atom. The van der Waals surface area contributed by atoms with Crippen molar-refractivity contribution in [1.29, 1.82) is 0 Å². The number of benzene rings is 1. The first-order valence-electron chi connectivity index (χ1n) is 7.56. The van der Waals surface area contributed by atoms with Crippen LogP contribution >= 0.6 is 0 Å². The van der Waals surface area contributed by atoms with Gasteiger partial charge in [-0.15, -0.1) is 0 Å². The predicted molar refractivity (Wildman–Crippen MR) is 101 cm³/mol. The van der Waals surface area contributed by atoms with Crippen molar-refractivity contribution in [3.05, 3.63) is 54.2 Å². The normalized spacial score (nSPS) is 11.6. The van der Waals surface area contributed by atoms with Gasteiger partial charge >= 0.3 is 29.6 Å². The van der Waals surface area contributed by atoms with Crippen LogP contribution in [0.1, 0.15) is 17.9 Å². The topological polar surface area (TPSA) is 103 Å². The number of fused-ring (bicyclic) bond motifs is 1. The van der Waals surface area contributed by atoms with Gasteiger partial charge < -0.3 is 9.15 Å². The molecule has 1 N–H and O–H groups in total. The van der Waals surface area contributed by atoms with Crippen molar-refractivity contribution in [2.24, 2.45) is 0 Å². The molecule has 0 aliphatic carbocycles. The number of pyridine rings is 1. The fourth-order valence-corrected chi connectivity index (χ4v) is 2.64. The summed E-state index contributed by atoms with van der Waals surface area (Å²) in [7, 11) is -3.96. The van der Waals surface area contributed by atoms with Gasteiger partial charge in [0.2, 0.25) is 5.89 Å². The molecule has 0 saturated carbocycles. The van der Waals surface area contributed by atoms with Crippen molar-refractivity contribution in [1.82, 2.24) is 9.97 Å². The molecule has 7 nitrogen and oxygen atoms in total. The number of rotatable bonds is 7. The van der Waals surface area contributed by atoms with Gasteiger partial charge in [0, 0.05) is 24.5 Å². The Morgan fingerprint density at radius 2 is 2.08 bits per heavy atom. The van der Waals surface area contributed by atoms with E-state index in [9.17, 15) is 8.42 Å². The monoisotopic (exact) mass is 384 g/mol. The Balaban J connectivity index is 0.00000243. The zero-order chi connectivity index (χ0) is 17.7. The van der Waals surface area contributed by atoms with Crippen LogP contribution in [-0.4, -0.2) is 64.9 Å². The molecule has 0 saturated heterocycles. The molecular weight excluding hydrogens is 367 g/mol. The molecule has 3 aromatic rings. The molecule has 2 heterocycles. The summed E-state index contributed by atoms with van der Waals surface area (Å²) in [4.78, 5) is 8.39. The van der Waals surface area contributed by atoms with Crippen LogP contribution in [0.5, 0.6) is 5.75 Å². The third kappa shape index (κ3) is 6.22. The summed E-state index contributed by atoms with van der Waals surface area (Å²) < 4.78 is 41.1. The van der Waals surface area contributed by atoms with Crippen molar-refractivity contribution < 1.29 is 22.1 Å². The van der Waals surface area contributed by atoms with Crippen LogP contribution in [-0.2, 0) is 10.1 Å². The molecular formula is C17H17N2NaO5S. The van der Waals surface area contributed by atoms with E-state index in [-0.39, 0.29) is 48.3 Å². The van der Waals surface area contributed by atoms with Gasteiger partial charge in [0.1, 0.15) is 11.3 Å². The second-order valence-electron chi connectivity index (χ2n) is 5.29. The number of ether oxygens (including phenoxy) is 1. The number of nitrogens with zero attached hydrogens (tertiary/aromatic N) is 2. The van der Waals surface area contributed by atoms with Crippen LogP contribution in [0, 0.1) is 0 Å². The molecule has 132 valence electrons. The first-order valence-corrected chi connectivity index (χ1v) is 9.17. The molecule has 0 amide bonds. The zero-order valence-corrected chi connectivity index (χ0v) is 14.0. The van der Waals surface area contributed by atoms with E-state index in [0.29, 0.717) is 22.7 Å². The molecule has 0 bridgehead atoms. The van der Waals surface area contributed by atoms with Crippen LogP contribution in [0.2, 0.25) is 0 Å². The standard InChI is InChI=1S/C17H16N2O5S.Na.H/c20-25(21,22)10-2-9-23-14-5-6-15-16(11-14)24-17(19-15)7-4-13-3-1-8-18-12-13;;/h1,3-8,11-12H,2,9-10H2,(H,20,21,22);;. The number of oxazole rings is 1. The second kappa shape index (κ2) is 9.29. The number of hydrogen-bond acceptors (Lipinski definition) is 6. The van der Waals surface area contributed by atoms with E-state index >= 15 is 0 Å². The molecule has 0 radical (unpaired) electrons. The fraction of sp³-hybridized carbons (Fsp3) is 0.176. The Morgan fingerprint density at radius 1 is 1.23 bits per heavy atom. The van der Waals surface area contributed by atoms with E-state index in [0.717, 1.165) is 5.56 Å². The third-order valence-electron chi connectivity index (χ3n) is 3.29. The quantitative estimate of drug-likeness (QED) is 0.379. The average Bonchev–Trinajstić information content (AvgIpc) is 2.99. The molecule has 0 aliphatic rings. The minimum atomic E-state index is -3.96. The number of aromatic nitrogens is 2. The maximum atomic E-state index is 10.7. The fourth-order valence-electron chi connectivity index (χ4n) is 2.16. The van der Waals surface area contributed by atoms with Crippen molar-refractivity contribution in [3.8, 4) is 5.75 Å². The van der Waals surface area contributed by atoms with Crippen LogP contribution in [0.15, 0.2) is 47.1 Å². The Kier molecular flexibility index (Phi) is 7.36. The Hall–Kier alpha value is -1.71. The van der Waals surface area contributed by atoms with Gasteiger partial charge in [0.25, 0.3) is 10.1 Å². The predicted octanol–water partition coefficient (Wildman–Crippen LogP) is 2.40. The van der Waals surface area contributed by atoms with Crippen LogP contribution < -0.4 is 4.74 Å². The molecule has 2 aromatic heterocycles. The van der Waals surface area contributed by atoms with Crippen molar-refractivity contribution in [3.63, 3.8) is 0 Å². The van der Waals surface area contributed by atoms with Crippen LogP contribution in [0.25, 0.3) is 23.3 Å². The van der Waals surface area contributed by atoms with Crippen molar-refractivity contribution in [2.75, 3.05) is 12.4 Å². The summed E-state index contributed by atoms with van der Waals surface area (Å²) in [6, 6.07) is 8.95. The first-order chi connectivity index (χ1) is 12.0. The Bertz CT molecular complexity index is 987. The molecule has 0 fully saturated rings. The van der Waals surface area contributed by atoms with Gasteiger partial charge in [0.15, 0.2) is 5.58 Å². The van der Waals surface area contributed by atoms with E-state index in [2.05, 4.69) is 9.97 Å². The zero-order valence-electron chi connectivity index (χ0n) is 13.2. The van der Waals surface area contributed by atoms with Crippen molar-refractivity contribution in [2.45, 2.75) is 6.42 Å². The van der Waals surface area contributed by atoms with Gasteiger partial charge in [-0.2, -0.15) is 8.42 Å². The summed E-state index contributed by atoms with van der Waals surface area (Å²) >= 11 is 0. The van der Waals surface area contributed by atoms with Gasteiger partial charge in [0.05, 0.1) is 12.4 Å². The SMILES string of the molecule is O=S(=O)(O)CCCOc1ccc2nc(C=Cc3cccnc3)oc2c1.[NaH]. The maximum absolute atomic E-state index is 10.7. The van der Waals surface area contributed by atoms with Gasteiger partial charge in [-0.05, 0) is 36.3 Å². The third-order valence-corrected chi connectivity index (χ3v) is 4.10.